The third-order valence-corrected chi connectivity index (χ3v) is 7.26. The van der Waals surface area contributed by atoms with E-state index in [1.165, 1.54) is 15.6 Å². The van der Waals surface area contributed by atoms with E-state index in [0.717, 1.165) is 9.35 Å². The van der Waals surface area contributed by atoms with Crippen molar-refractivity contribution in [3.05, 3.63) is 39.7 Å². The molecule has 1 aromatic heterocycles. The van der Waals surface area contributed by atoms with Gasteiger partial charge in [0.05, 0.1) is 16.6 Å². The molecule has 0 atom stereocenters. The average Bonchev–Trinajstić information content (AvgIpc) is 2.78. The van der Waals surface area contributed by atoms with E-state index in [9.17, 15) is 8.42 Å². The first kappa shape index (κ1) is 15.3. The fourth-order valence-electron chi connectivity index (χ4n) is 1.62. The Morgan fingerprint density at radius 2 is 1.85 bits per heavy atom. The molecule has 0 bridgehead atoms. The van der Waals surface area contributed by atoms with E-state index in [2.05, 4.69) is 15.9 Å². The van der Waals surface area contributed by atoms with Gasteiger partial charge in [0.2, 0.25) is 0 Å². The van der Waals surface area contributed by atoms with Crippen LogP contribution in [0.5, 0.6) is 5.75 Å². The molecule has 4 nitrogen and oxygen atoms in total. The maximum Gasteiger partial charge on any atom is 0.273 e. The number of hydrogen-bond donors (Lipinski definition) is 0. The summed E-state index contributed by atoms with van der Waals surface area (Å²) in [5.41, 5.74) is 1.50. The third kappa shape index (κ3) is 2.84. The van der Waals surface area contributed by atoms with Crippen LogP contribution < -0.4 is 9.04 Å². The molecule has 0 fully saturated rings. The van der Waals surface area contributed by atoms with Gasteiger partial charge in [0, 0.05) is 7.05 Å². The number of aryl methyl sites for hydroxylation is 1. The van der Waals surface area contributed by atoms with E-state index in [1.807, 2.05) is 6.92 Å². The molecule has 7 heteroatoms. The molecule has 20 heavy (non-hydrogen) atoms. The van der Waals surface area contributed by atoms with E-state index in [0.29, 0.717) is 15.6 Å². The number of anilines is 1. The van der Waals surface area contributed by atoms with Gasteiger partial charge >= 0.3 is 0 Å². The molecule has 1 heterocycles. The van der Waals surface area contributed by atoms with E-state index in [-0.39, 0.29) is 0 Å². The van der Waals surface area contributed by atoms with Crippen molar-refractivity contribution in [2.45, 2.75) is 11.1 Å². The first-order valence-corrected chi connectivity index (χ1v) is 8.80. The molecule has 1 aromatic carbocycles. The Balaban J connectivity index is 2.37. The maximum atomic E-state index is 12.5. The molecule has 0 amide bonds. The van der Waals surface area contributed by atoms with Crippen LogP contribution in [-0.2, 0) is 10.0 Å². The zero-order chi connectivity index (χ0) is 14.9. The van der Waals surface area contributed by atoms with Crippen molar-refractivity contribution in [2.24, 2.45) is 0 Å². The van der Waals surface area contributed by atoms with Crippen LogP contribution in [0.15, 0.2) is 38.3 Å². The summed E-state index contributed by atoms with van der Waals surface area (Å²) in [6, 6.07) is 8.57. The number of benzene rings is 1. The standard InChI is InChI=1S/C13H14BrNO3S2/c1-9-8-12(19-13(9)14)20(16,17)15(2)10-4-6-11(18-3)7-5-10/h4-8H,1-3H3. The summed E-state index contributed by atoms with van der Waals surface area (Å²) in [6.07, 6.45) is 0. The van der Waals surface area contributed by atoms with Crippen molar-refractivity contribution < 1.29 is 13.2 Å². The van der Waals surface area contributed by atoms with Crippen LogP contribution >= 0.6 is 27.3 Å². The maximum absolute atomic E-state index is 12.5. The highest BCUT2D eigenvalue weighted by atomic mass is 79.9. The summed E-state index contributed by atoms with van der Waals surface area (Å²) >= 11 is 4.57. The van der Waals surface area contributed by atoms with Gasteiger partial charge < -0.3 is 4.74 Å². The molecular weight excluding hydrogens is 362 g/mol. The van der Waals surface area contributed by atoms with Gasteiger partial charge in [-0.1, -0.05) is 0 Å². The zero-order valence-electron chi connectivity index (χ0n) is 11.3. The van der Waals surface area contributed by atoms with Crippen LogP contribution in [0.4, 0.5) is 5.69 Å². The van der Waals surface area contributed by atoms with Crippen LogP contribution in [-0.4, -0.2) is 22.6 Å². The Kier molecular flexibility index (Phi) is 4.41. The quantitative estimate of drug-likeness (QED) is 0.818. The number of methoxy groups -OCH3 is 1. The minimum atomic E-state index is -3.53. The molecule has 0 saturated heterocycles. The minimum Gasteiger partial charge on any atom is -0.497 e. The summed E-state index contributed by atoms with van der Waals surface area (Å²) in [7, 11) is -0.420. The summed E-state index contributed by atoms with van der Waals surface area (Å²) < 4.78 is 32.6. The third-order valence-electron chi connectivity index (χ3n) is 2.89. The Bertz CT molecular complexity index is 688. The van der Waals surface area contributed by atoms with Gasteiger partial charge in [-0.25, -0.2) is 8.42 Å². The molecule has 0 aliphatic heterocycles. The van der Waals surface area contributed by atoms with Crippen molar-refractivity contribution in [3.8, 4) is 5.75 Å². The molecule has 108 valence electrons. The lowest BCUT2D eigenvalue weighted by atomic mass is 10.3. The summed E-state index contributed by atoms with van der Waals surface area (Å²) in [5, 5.41) is 0. The number of hydrogen-bond acceptors (Lipinski definition) is 4. The van der Waals surface area contributed by atoms with Crippen LogP contribution in [0.3, 0.4) is 0 Å². The predicted octanol–water partition coefficient (Wildman–Crippen LogP) is 3.65. The summed E-state index contributed by atoms with van der Waals surface area (Å²) in [6.45, 7) is 1.87. The van der Waals surface area contributed by atoms with Crippen LogP contribution in [0.25, 0.3) is 0 Å². The monoisotopic (exact) mass is 375 g/mol. The second-order valence-corrected chi connectivity index (χ2v) is 8.76. The predicted molar refractivity (Wildman–Crippen MR) is 85.3 cm³/mol. The van der Waals surface area contributed by atoms with E-state index in [4.69, 9.17) is 4.74 Å². The van der Waals surface area contributed by atoms with Gasteiger partial charge in [0.1, 0.15) is 9.96 Å². The highest BCUT2D eigenvalue weighted by Crippen LogP contribution is 2.33. The molecule has 2 rings (SSSR count). The van der Waals surface area contributed by atoms with Crippen molar-refractivity contribution in [1.82, 2.24) is 0 Å². The second kappa shape index (κ2) is 5.75. The lowest BCUT2D eigenvalue weighted by Gasteiger charge is -2.18. The minimum absolute atomic E-state index is 0.320. The fraction of sp³-hybridized carbons (Fsp3) is 0.231. The van der Waals surface area contributed by atoms with Crippen LogP contribution in [0, 0.1) is 6.92 Å². The van der Waals surface area contributed by atoms with Gasteiger partial charge in [-0.2, -0.15) is 0 Å². The molecule has 0 N–H and O–H groups in total. The molecule has 0 aliphatic rings. The molecule has 0 radical (unpaired) electrons. The Hall–Kier alpha value is -1.05. The van der Waals surface area contributed by atoms with E-state index in [1.54, 1.807) is 44.5 Å². The number of halogens is 1. The molecule has 0 spiro atoms. The summed E-state index contributed by atoms with van der Waals surface area (Å²) in [5.74, 6) is 0.689. The van der Waals surface area contributed by atoms with E-state index < -0.39 is 10.0 Å². The Morgan fingerprint density at radius 1 is 1.25 bits per heavy atom. The number of thiophene rings is 1. The van der Waals surface area contributed by atoms with Gasteiger partial charge in [0.25, 0.3) is 10.0 Å². The first-order chi connectivity index (χ1) is 9.36. The van der Waals surface area contributed by atoms with Gasteiger partial charge in [-0.15, -0.1) is 11.3 Å². The highest BCUT2D eigenvalue weighted by Gasteiger charge is 2.24. The molecule has 0 aliphatic carbocycles. The number of nitrogens with zero attached hydrogens (tertiary/aromatic N) is 1. The lowest BCUT2D eigenvalue weighted by molar-refractivity contribution is 0.415. The molecule has 0 unspecified atom stereocenters. The number of rotatable bonds is 4. The smallest absolute Gasteiger partial charge is 0.273 e. The lowest BCUT2D eigenvalue weighted by Crippen LogP contribution is -2.25. The fourth-order valence-corrected chi connectivity index (χ4v) is 5.22. The van der Waals surface area contributed by atoms with Gasteiger partial charge in [-0.3, -0.25) is 4.31 Å². The van der Waals surface area contributed by atoms with Crippen molar-refractivity contribution in [2.75, 3.05) is 18.5 Å². The SMILES string of the molecule is COc1ccc(N(C)S(=O)(=O)c2cc(C)c(Br)s2)cc1. The topological polar surface area (TPSA) is 46.6 Å². The number of sulfonamides is 1. The molecule has 2 aromatic rings. The second-order valence-electron chi connectivity index (χ2n) is 4.19. The van der Waals surface area contributed by atoms with Gasteiger partial charge in [-0.05, 0) is 58.7 Å². The highest BCUT2D eigenvalue weighted by molar-refractivity contribution is 9.11. The Labute approximate surface area is 131 Å². The summed E-state index contributed by atoms with van der Waals surface area (Å²) in [4.78, 5) is 0. The van der Waals surface area contributed by atoms with Crippen molar-refractivity contribution in [1.29, 1.82) is 0 Å². The molecular formula is C13H14BrNO3S2. The van der Waals surface area contributed by atoms with Crippen molar-refractivity contribution in [3.63, 3.8) is 0 Å². The molecule has 0 saturated carbocycles. The van der Waals surface area contributed by atoms with Crippen LogP contribution in [0.1, 0.15) is 5.56 Å². The van der Waals surface area contributed by atoms with Gasteiger partial charge in [0.15, 0.2) is 0 Å². The largest absolute Gasteiger partial charge is 0.497 e. The Morgan fingerprint density at radius 3 is 2.30 bits per heavy atom. The van der Waals surface area contributed by atoms with Crippen molar-refractivity contribution >= 4 is 43.0 Å². The van der Waals surface area contributed by atoms with Crippen LogP contribution in [0.2, 0.25) is 0 Å². The normalized spacial score (nSPS) is 11.4. The zero-order valence-corrected chi connectivity index (χ0v) is 14.5. The average molecular weight is 376 g/mol. The van der Waals surface area contributed by atoms with E-state index >= 15 is 0 Å². The number of ether oxygens (including phenoxy) is 1. The first-order valence-electron chi connectivity index (χ1n) is 5.75.